The van der Waals surface area contributed by atoms with E-state index in [1.165, 1.54) is 0 Å². The molecule has 21 heavy (non-hydrogen) atoms. The molecule has 0 spiro atoms. The maximum Gasteiger partial charge on any atom is 0.348 e. The molecular formula is C12H9N3O6. The first-order valence-electron chi connectivity index (χ1n) is 5.62. The molecule has 0 saturated carbocycles. The lowest BCUT2D eigenvalue weighted by molar-refractivity contribution is -0.394. The molecule has 0 amide bonds. The van der Waals surface area contributed by atoms with E-state index in [2.05, 4.69) is 4.74 Å². The van der Waals surface area contributed by atoms with Crippen molar-refractivity contribution >= 4 is 23.4 Å². The van der Waals surface area contributed by atoms with Gasteiger partial charge in [0.15, 0.2) is 0 Å². The molecule has 0 bridgehead atoms. The number of nitrogens with zero attached hydrogens (tertiary/aromatic N) is 3. The minimum absolute atomic E-state index is 0.0419. The van der Waals surface area contributed by atoms with Crippen LogP contribution in [0.4, 0.5) is 11.4 Å². The van der Waals surface area contributed by atoms with Gasteiger partial charge in [0.05, 0.1) is 28.1 Å². The van der Waals surface area contributed by atoms with Gasteiger partial charge >= 0.3 is 5.97 Å². The van der Waals surface area contributed by atoms with Gasteiger partial charge in [-0.05, 0) is 19.1 Å². The van der Waals surface area contributed by atoms with Crippen LogP contribution < -0.4 is 0 Å². The number of esters is 1. The predicted molar refractivity (Wildman–Crippen MR) is 70.0 cm³/mol. The summed E-state index contributed by atoms with van der Waals surface area (Å²) >= 11 is 0. The van der Waals surface area contributed by atoms with Crippen LogP contribution in [0.3, 0.4) is 0 Å². The van der Waals surface area contributed by atoms with Crippen molar-refractivity contribution in [3.05, 3.63) is 49.6 Å². The first kappa shape index (κ1) is 15.8. The second kappa shape index (κ2) is 6.76. The summed E-state index contributed by atoms with van der Waals surface area (Å²) < 4.78 is 4.62. The van der Waals surface area contributed by atoms with E-state index in [1.54, 1.807) is 13.0 Å². The molecule has 1 aromatic rings. The average Bonchev–Trinajstić information content (AvgIpc) is 2.44. The van der Waals surface area contributed by atoms with Crippen LogP contribution in [0, 0.1) is 31.6 Å². The average molecular weight is 291 g/mol. The molecule has 0 heterocycles. The lowest BCUT2D eigenvalue weighted by Gasteiger charge is -2.01. The summed E-state index contributed by atoms with van der Waals surface area (Å²) in [6.45, 7) is 1.58. The Morgan fingerprint density at radius 1 is 1.38 bits per heavy atom. The largest absolute Gasteiger partial charge is 0.462 e. The van der Waals surface area contributed by atoms with Gasteiger partial charge in [-0.15, -0.1) is 0 Å². The maximum absolute atomic E-state index is 11.4. The van der Waals surface area contributed by atoms with Crippen LogP contribution in [0.5, 0.6) is 0 Å². The van der Waals surface area contributed by atoms with Crippen molar-refractivity contribution in [1.82, 2.24) is 0 Å². The number of carbonyl (C=O) groups is 1. The lowest BCUT2D eigenvalue weighted by atomic mass is 10.1. The Hall–Kier alpha value is -3.28. The van der Waals surface area contributed by atoms with E-state index < -0.39 is 32.8 Å². The number of nitriles is 1. The van der Waals surface area contributed by atoms with Crippen molar-refractivity contribution in [3.63, 3.8) is 0 Å². The van der Waals surface area contributed by atoms with E-state index in [9.17, 15) is 25.0 Å². The number of ether oxygens (including phenoxy) is 1. The Labute approximate surface area is 118 Å². The van der Waals surface area contributed by atoms with Crippen LogP contribution in [0.2, 0.25) is 0 Å². The van der Waals surface area contributed by atoms with Crippen molar-refractivity contribution in [2.45, 2.75) is 6.92 Å². The highest BCUT2D eigenvalue weighted by Crippen LogP contribution is 2.26. The molecule has 9 nitrogen and oxygen atoms in total. The standard InChI is InChI=1S/C12H9N3O6/c1-2-21-12(16)9(7-13)5-8-3-4-10(14(17)18)6-11(8)15(19)20/h3-6H,2H2,1H3/b9-5+. The van der Waals surface area contributed by atoms with Gasteiger partial charge in [0.25, 0.3) is 11.4 Å². The fourth-order valence-corrected chi connectivity index (χ4v) is 1.43. The second-order valence-corrected chi connectivity index (χ2v) is 3.65. The van der Waals surface area contributed by atoms with Crippen LogP contribution in [0.25, 0.3) is 6.08 Å². The van der Waals surface area contributed by atoms with Crippen LogP contribution in [-0.2, 0) is 9.53 Å². The van der Waals surface area contributed by atoms with E-state index in [-0.39, 0.29) is 12.2 Å². The van der Waals surface area contributed by atoms with E-state index in [0.717, 1.165) is 24.3 Å². The zero-order valence-electron chi connectivity index (χ0n) is 10.8. The predicted octanol–water partition coefficient (Wildman–Crippen LogP) is 1.97. The molecule has 0 aliphatic heterocycles. The Morgan fingerprint density at radius 2 is 2.05 bits per heavy atom. The summed E-state index contributed by atoms with van der Waals surface area (Å²) in [5.74, 6) is -0.923. The van der Waals surface area contributed by atoms with Gasteiger partial charge in [-0.25, -0.2) is 4.79 Å². The minimum atomic E-state index is -0.923. The van der Waals surface area contributed by atoms with Crippen molar-refractivity contribution in [3.8, 4) is 6.07 Å². The molecule has 9 heteroatoms. The smallest absolute Gasteiger partial charge is 0.348 e. The molecule has 1 rings (SSSR count). The normalized spacial score (nSPS) is 10.6. The van der Waals surface area contributed by atoms with Crippen molar-refractivity contribution in [1.29, 1.82) is 5.26 Å². The summed E-state index contributed by atoms with van der Waals surface area (Å²) in [5, 5.41) is 30.4. The number of nitro groups is 2. The van der Waals surface area contributed by atoms with Gasteiger partial charge in [0, 0.05) is 6.07 Å². The van der Waals surface area contributed by atoms with E-state index >= 15 is 0 Å². The molecule has 108 valence electrons. The van der Waals surface area contributed by atoms with Gasteiger partial charge in [0.1, 0.15) is 11.6 Å². The zero-order chi connectivity index (χ0) is 16.0. The second-order valence-electron chi connectivity index (χ2n) is 3.65. The molecule has 0 unspecified atom stereocenters. The third-order valence-electron chi connectivity index (χ3n) is 2.34. The molecule has 0 aromatic heterocycles. The van der Waals surface area contributed by atoms with E-state index in [0.29, 0.717) is 0 Å². The SMILES string of the molecule is CCOC(=O)/C(C#N)=C/c1ccc([N+](=O)[O-])cc1[N+](=O)[O-]. The van der Waals surface area contributed by atoms with Crippen LogP contribution in [0.15, 0.2) is 23.8 Å². The summed E-state index contributed by atoms with van der Waals surface area (Å²) in [6, 6.07) is 4.46. The summed E-state index contributed by atoms with van der Waals surface area (Å²) in [5.41, 5.74) is -1.58. The molecule has 0 aliphatic carbocycles. The van der Waals surface area contributed by atoms with Gasteiger partial charge in [-0.3, -0.25) is 20.2 Å². The highest BCUT2D eigenvalue weighted by Gasteiger charge is 2.20. The Balaban J connectivity index is 3.36. The number of hydrogen-bond acceptors (Lipinski definition) is 7. The van der Waals surface area contributed by atoms with Crippen LogP contribution >= 0.6 is 0 Å². The van der Waals surface area contributed by atoms with Crippen molar-refractivity contribution in [2.24, 2.45) is 0 Å². The monoisotopic (exact) mass is 291 g/mol. The molecule has 1 aromatic carbocycles. The minimum Gasteiger partial charge on any atom is -0.462 e. The number of rotatable bonds is 5. The zero-order valence-corrected chi connectivity index (χ0v) is 10.8. The third kappa shape index (κ3) is 3.84. The maximum atomic E-state index is 11.4. The Kier molecular flexibility index (Phi) is 5.08. The molecular weight excluding hydrogens is 282 g/mol. The highest BCUT2D eigenvalue weighted by molar-refractivity contribution is 5.98. The number of nitro benzene ring substituents is 2. The van der Waals surface area contributed by atoms with Crippen LogP contribution in [-0.4, -0.2) is 22.4 Å². The fraction of sp³-hybridized carbons (Fsp3) is 0.167. The van der Waals surface area contributed by atoms with Gasteiger partial charge < -0.3 is 4.74 Å². The third-order valence-corrected chi connectivity index (χ3v) is 2.34. The number of hydrogen-bond donors (Lipinski definition) is 0. The molecule has 0 N–H and O–H groups in total. The first-order chi connectivity index (χ1) is 9.90. The number of carbonyl (C=O) groups excluding carboxylic acids is 1. The Bertz CT molecular complexity index is 674. The highest BCUT2D eigenvalue weighted by atomic mass is 16.6. The van der Waals surface area contributed by atoms with E-state index in [1.807, 2.05) is 0 Å². The molecule has 0 atom stereocenters. The molecule has 0 aliphatic rings. The van der Waals surface area contributed by atoms with Crippen LogP contribution in [0.1, 0.15) is 12.5 Å². The quantitative estimate of drug-likeness (QED) is 0.266. The summed E-state index contributed by atoms with van der Waals surface area (Å²) in [7, 11) is 0. The first-order valence-corrected chi connectivity index (χ1v) is 5.62. The van der Waals surface area contributed by atoms with E-state index in [4.69, 9.17) is 5.26 Å². The Morgan fingerprint density at radius 3 is 2.52 bits per heavy atom. The fourth-order valence-electron chi connectivity index (χ4n) is 1.43. The van der Waals surface area contributed by atoms with Gasteiger partial charge in [-0.2, -0.15) is 5.26 Å². The molecule has 0 saturated heterocycles. The van der Waals surface area contributed by atoms with Gasteiger partial charge in [0.2, 0.25) is 0 Å². The van der Waals surface area contributed by atoms with Crippen molar-refractivity contribution in [2.75, 3.05) is 6.61 Å². The van der Waals surface area contributed by atoms with Gasteiger partial charge in [-0.1, -0.05) is 0 Å². The molecule has 0 fully saturated rings. The topological polar surface area (TPSA) is 136 Å². The number of benzene rings is 1. The summed E-state index contributed by atoms with van der Waals surface area (Å²) in [6.07, 6.45) is 0.958. The lowest BCUT2D eigenvalue weighted by Crippen LogP contribution is -2.06. The summed E-state index contributed by atoms with van der Waals surface area (Å²) in [4.78, 5) is 31.3. The number of non-ortho nitro benzene ring substituents is 1. The molecule has 0 radical (unpaired) electrons. The van der Waals surface area contributed by atoms with Crippen molar-refractivity contribution < 1.29 is 19.4 Å².